The number of hydrogen-bond acceptors (Lipinski definition) is 5. The number of anilines is 1. The maximum Gasteiger partial charge on any atom is 0.261 e. The van der Waals surface area contributed by atoms with E-state index in [1.165, 1.54) is 12.1 Å². The van der Waals surface area contributed by atoms with Crippen LogP contribution in [0.1, 0.15) is 34.8 Å². The Kier molecular flexibility index (Phi) is 5.68. The van der Waals surface area contributed by atoms with E-state index in [0.717, 1.165) is 24.2 Å². The largest absolute Gasteiger partial charge is 0.486 e. The third-order valence-corrected chi connectivity index (χ3v) is 7.28. The Labute approximate surface area is 193 Å². The fourth-order valence-corrected chi connectivity index (χ4v) is 5.39. The van der Waals surface area contributed by atoms with Gasteiger partial charge in [0.15, 0.2) is 11.5 Å². The average Bonchev–Trinajstić information content (AvgIpc) is 3.34. The normalized spacial score (nSPS) is 17.6. The Balaban J connectivity index is 1.37. The van der Waals surface area contributed by atoms with Crippen LogP contribution in [-0.2, 0) is 10.0 Å². The van der Waals surface area contributed by atoms with Crippen LogP contribution < -0.4 is 14.2 Å². The molecule has 7 nitrogen and oxygen atoms in total. The quantitative estimate of drug-likeness (QED) is 0.611. The lowest BCUT2D eigenvalue weighted by molar-refractivity contribution is 0.0735. The highest BCUT2D eigenvalue weighted by Crippen LogP contribution is 2.38. The summed E-state index contributed by atoms with van der Waals surface area (Å²) < 4.78 is 39.2. The minimum absolute atomic E-state index is 0.0713. The number of ether oxygens (including phenoxy) is 2. The summed E-state index contributed by atoms with van der Waals surface area (Å²) in [6, 6.07) is 20.5. The molecule has 0 spiro atoms. The maximum absolute atomic E-state index is 13.4. The van der Waals surface area contributed by atoms with Gasteiger partial charge >= 0.3 is 0 Å². The molecule has 3 aromatic rings. The van der Waals surface area contributed by atoms with Crippen LogP contribution in [-0.4, -0.2) is 39.0 Å². The minimum atomic E-state index is -3.74. The van der Waals surface area contributed by atoms with Crippen LogP contribution in [0.5, 0.6) is 11.5 Å². The number of amides is 1. The van der Waals surface area contributed by atoms with Gasteiger partial charge in [0.1, 0.15) is 13.2 Å². The second-order valence-electron chi connectivity index (χ2n) is 8.06. The number of carbonyl (C=O) groups is 1. The molecule has 0 aliphatic carbocycles. The molecule has 2 aliphatic rings. The Morgan fingerprint density at radius 2 is 1.70 bits per heavy atom. The lowest BCUT2D eigenvalue weighted by atomic mass is 10.0. The van der Waals surface area contributed by atoms with Crippen LogP contribution in [0.25, 0.3) is 0 Å². The van der Waals surface area contributed by atoms with Gasteiger partial charge in [-0.25, -0.2) is 8.42 Å². The molecule has 2 heterocycles. The molecule has 1 N–H and O–H groups in total. The van der Waals surface area contributed by atoms with Gasteiger partial charge in [-0.15, -0.1) is 0 Å². The predicted molar refractivity (Wildman–Crippen MR) is 124 cm³/mol. The summed E-state index contributed by atoms with van der Waals surface area (Å²) >= 11 is 0. The second kappa shape index (κ2) is 8.78. The van der Waals surface area contributed by atoms with Crippen molar-refractivity contribution in [2.24, 2.45) is 0 Å². The van der Waals surface area contributed by atoms with Crippen molar-refractivity contribution in [3.05, 3.63) is 83.9 Å². The summed E-state index contributed by atoms with van der Waals surface area (Å²) in [6.45, 7) is 1.68. The molecule has 0 aromatic heterocycles. The summed E-state index contributed by atoms with van der Waals surface area (Å²) in [6.07, 6.45) is 1.75. The number of sulfonamides is 1. The molecular weight excluding hydrogens is 440 g/mol. The first-order chi connectivity index (χ1) is 16.0. The molecule has 33 heavy (non-hydrogen) atoms. The molecule has 1 fully saturated rings. The van der Waals surface area contributed by atoms with E-state index in [9.17, 15) is 13.2 Å². The lowest BCUT2D eigenvalue weighted by Gasteiger charge is -2.27. The summed E-state index contributed by atoms with van der Waals surface area (Å²) in [5.41, 5.74) is 1.79. The highest BCUT2D eigenvalue weighted by atomic mass is 32.2. The number of rotatable bonds is 5. The van der Waals surface area contributed by atoms with E-state index in [-0.39, 0.29) is 16.8 Å². The van der Waals surface area contributed by atoms with Crippen molar-refractivity contribution >= 4 is 21.6 Å². The smallest absolute Gasteiger partial charge is 0.261 e. The summed E-state index contributed by atoms with van der Waals surface area (Å²) in [5.74, 6) is 1.29. The first-order valence-electron chi connectivity index (χ1n) is 10.9. The molecule has 3 aromatic carbocycles. The molecule has 1 atom stereocenters. The van der Waals surface area contributed by atoms with Gasteiger partial charge in [0.2, 0.25) is 0 Å². The van der Waals surface area contributed by atoms with E-state index >= 15 is 0 Å². The number of likely N-dealkylation sites (tertiary alicyclic amines) is 1. The SMILES string of the molecule is O=C(c1cccc(NS(=O)(=O)c2ccccc2)c1)N1CCC[C@H]1c1ccc2c(c1)OCCO2. The van der Waals surface area contributed by atoms with E-state index in [1.807, 2.05) is 23.1 Å². The molecule has 1 saturated heterocycles. The summed E-state index contributed by atoms with van der Waals surface area (Å²) in [5, 5.41) is 0. The van der Waals surface area contributed by atoms with Gasteiger partial charge in [0, 0.05) is 17.8 Å². The molecule has 5 rings (SSSR count). The highest BCUT2D eigenvalue weighted by Gasteiger charge is 2.31. The van der Waals surface area contributed by atoms with Gasteiger partial charge in [0.25, 0.3) is 15.9 Å². The van der Waals surface area contributed by atoms with Crippen LogP contribution in [0.3, 0.4) is 0 Å². The zero-order valence-electron chi connectivity index (χ0n) is 17.9. The van der Waals surface area contributed by atoms with Gasteiger partial charge in [-0.1, -0.05) is 30.3 Å². The van der Waals surface area contributed by atoms with Crippen LogP contribution in [0, 0.1) is 0 Å². The molecule has 0 bridgehead atoms. The maximum atomic E-state index is 13.4. The number of carbonyl (C=O) groups excluding carboxylic acids is 1. The first kappa shape index (κ1) is 21.3. The summed E-state index contributed by atoms with van der Waals surface area (Å²) in [4.78, 5) is 15.4. The van der Waals surface area contributed by atoms with E-state index in [2.05, 4.69) is 4.72 Å². The third kappa shape index (κ3) is 4.39. The molecule has 0 unspecified atom stereocenters. The highest BCUT2D eigenvalue weighted by molar-refractivity contribution is 7.92. The first-order valence-corrected chi connectivity index (χ1v) is 12.4. The predicted octanol–water partition coefficient (Wildman–Crippen LogP) is 4.24. The second-order valence-corrected chi connectivity index (χ2v) is 9.74. The van der Waals surface area contributed by atoms with E-state index in [4.69, 9.17) is 9.47 Å². The van der Waals surface area contributed by atoms with Crippen molar-refractivity contribution < 1.29 is 22.7 Å². The van der Waals surface area contributed by atoms with E-state index in [0.29, 0.717) is 36.8 Å². The van der Waals surface area contributed by atoms with Crippen LogP contribution in [0.15, 0.2) is 77.7 Å². The van der Waals surface area contributed by atoms with Crippen molar-refractivity contribution in [1.29, 1.82) is 0 Å². The third-order valence-electron chi connectivity index (χ3n) is 5.88. The van der Waals surface area contributed by atoms with E-state index in [1.54, 1.807) is 42.5 Å². The van der Waals surface area contributed by atoms with Gasteiger partial charge < -0.3 is 14.4 Å². The number of nitrogens with one attached hydrogen (secondary N) is 1. The fourth-order valence-electron chi connectivity index (χ4n) is 4.32. The van der Waals surface area contributed by atoms with Crippen LogP contribution >= 0.6 is 0 Å². The fraction of sp³-hybridized carbons (Fsp3) is 0.240. The van der Waals surface area contributed by atoms with Crippen molar-refractivity contribution in [2.75, 3.05) is 24.5 Å². The standard InChI is InChI=1S/C25H24N2O5S/c28-25(19-6-4-7-20(16-19)26-33(29,30)21-8-2-1-3-9-21)27-13-5-10-22(27)18-11-12-23-24(17-18)32-15-14-31-23/h1-4,6-9,11-12,16-17,22,26H,5,10,13-15H2/t22-/m0/s1. The zero-order chi connectivity index (χ0) is 22.8. The molecule has 8 heteroatoms. The minimum Gasteiger partial charge on any atom is -0.486 e. The summed E-state index contributed by atoms with van der Waals surface area (Å²) in [7, 11) is -3.74. The number of nitrogens with zero attached hydrogens (tertiary/aromatic N) is 1. The number of fused-ring (bicyclic) bond motifs is 1. The van der Waals surface area contributed by atoms with E-state index < -0.39 is 10.0 Å². The Morgan fingerprint density at radius 3 is 2.52 bits per heavy atom. The molecular formula is C25H24N2O5S. The van der Waals surface area contributed by atoms with Crippen LogP contribution in [0.2, 0.25) is 0 Å². The topological polar surface area (TPSA) is 84.9 Å². The molecule has 1 amide bonds. The number of benzene rings is 3. The molecule has 0 radical (unpaired) electrons. The monoisotopic (exact) mass is 464 g/mol. The van der Waals surface area contributed by atoms with Crippen molar-refractivity contribution in [2.45, 2.75) is 23.8 Å². The lowest BCUT2D eigenvalue weighted by Crippen LogP contribution is -2.30. The number of hydrogen-bond donors (Lipinski definition) is 1. The van der Waals surface area contributed by atoms with Crippen molar-refractivity contribution in [3.8, 4) is 11.5 Å². The van der Waals surface area contributed by atoms with Crippen molar-refractivity contribution in [1.82, 2.24) is 4.90 Å². The van der Waals surface area contributed by atoms with Gasteiger partial charge in [-0.05, 0) is 60.9 Å². The molecule has 0 saturated carbocycles. The van der Waals surface area contributed by atoms with Gasteiger partial charge in [-0.3, -0.25) is 9.52 Å². The average molecular weight is 465 g/mol. The van der Waals surface area contributed by atoms with Crippen molar-refractivity contribution in [3.63, 3.8) is 0 Å². The zero-order valence-corrected chi connectivity index (χ0v) is 18.8. The van der Waals surface area contributed by atoms with Gasteiger partial charge in [0.05, 0.1) is 10.9 Å². The Hall–Kier alpha value is -3.52. The Bertz CT molecular complexity index is 1280. The Morgan fingerprint density at radius 1 is 0.909 bits per heavy atom. The molecule has 170 valence electrons. The van der Waals surface area contributed by atoms with Gasteiger partial charge in [-0.2, -0.15) is 0 Å². The van der Waals surface area contributed by atoms with Crippen LogP contribution in [0.4, 0.5) is 5.69 Å². The molecule has 2 aliphatic heterocycles.